The standard InChI is InChI=1S/C24H26N2O6S/c1-16-6-8-19(33(29,30)26-10-4-3-5-11-26)14-21(16)25-23(27)15-31-18-7-9-20-17(2)12-24(28)32-22(20)13-18/h6-9,12-14H,3-5,10-11,15H2,1-2H3,(H,25,27). The molecule has 1 aliphatic heterocycles. The van der Waals surface area contributed by atoms with E-state index < -0.39 is 21.6 Å². The average molecular weight is 471 g/mol. The molecule has 0 spiro atoms. The number of ether oxygens (including phenoxy) is 1. The first kappa shape index (κ1) is 23.0. The van der Waals surface area contributed by atoms with Gasteiger partial charge in [0.2, 0.25) is 10.0 Å². The van der Waals surface area contributed by atoms with Crippen LogP contribution < -0.4 is 15.7 Å². The summed E-state index contributed by atoms with van der Waals surface area (Å²) < 4.78 is 38.2. The molecule has 1 aliphatic rings. The highest BCUT2D eigenvalue weighted by Gasteiger charge is 2.26. The van der Waals surface area contributed by atoms with Gasteiger partial charge in [-0.05, 0) is 62.1 Å². The second-order valence-corrected chi connectivity index (χ2v) is 10.1. The number of aryl methyl sites for hydroxylation is 2. The summed E-state index contributed by atoms with van der Waals surface area (Å²) in [5.74, 6) is -0.0547. The van der Waals surface area contributed by atoms with Gasteiger partial charge in [0.1, 0.15) is 11.3 Å². The second-order valence-electron chi connectivity index (χ2n) is 8.18. The monoisotopic (exact) mass is 470 g/mol. The normalized spacial score (nSPS) is 14.8. The lowest BCUT2D eigenvalue weighted by Gasteiger charge is -2.26. The summed E-state index contributed by atoms with van der Waals surface area (Å²) >= 11 is 0. The molecule has 33 heavy (non-hydrogen) atoms. The first-order chi connectivity index (χ1) is 15.7. The van der Waals surface area contributed by atoms with E-state index in [-0.39, 0.29) is 11.5 Å². The molecular formula is C24H26N2O6S. The third-order valence-electron chi connectivity index (χ3n) is 5.73. The fraction of sp³-hybridized carbons (Fsp3) is 0.333. The van der Waals surface area contributed by atoms with Crippen LogP contribution in [-0.2, 0) is 14.8 Å². The highest BCUT2D eigenvalue weighted by Crippen LogP contribution is 2.26. The lowest BCUT2D eigenvalue weighted by atomic mass is 10.1. The van der Waals surface area contributed by atoms with Gasteiger partial charge in [0.05, 0.1) is 4.90 Å². The zero-order valence-electron chi connectivity index (χ0n) is 18.6. The number of benzene rings is 2. The lowest BCUT2D eigenvalue weighted by Crippen LogP contribution is -2.35. The number of piperidine rings is 1. The predicted octanol–water partition coefficient (Wildman–Crippen LogP) is 3.60. The summed E-state index contributed by atoms with van der Waals surface area (Å²) in [6.45, 7) is 4.34. The number of carbonyl (C=O) groups is 1. The zero-order chi connectivity index (χ0) is 23.6. The summed E-state index contributed by atoms with van der Waals surface area (Å²) in [4.78, 5) is 24.3. The van der Waals surface area contributed by atoms with Crippen LogP contribution in [0, 0.1) is 13.8 Å². The van der Waals surface area contributed by atoms with E-state index in [1.807, 2.05) is 6.92 Å². The Morgan fingerprint density at radius 2 is 1.79 bits per heavy atom. The van der Waals surface area contributed by atoms with E-state index in [9.17, 15) is 18.0 Å². The molecule has 1 fully saturated rings. The number of carbonyl (C=O) groups excluding carboxylic acids is 1. The van der Waals surface area contributed by atoms with Crippen molar-refractivity contribution in [2.75, 3.05) is 25.0 Å². The lowest BCUT2D eigenvalue weighted by molar-refractivity contribution is -0.118. The van der Waals surface area contributed by atoms with Gasteiger partial charge in [-0.15, -0.1) is 0 Å². The number of fused-ring (bicyclic) bond motifs is 1. The van der Waals surface area contributed by atoms with Crippen molar-refractivity contribution in [2.45, 2.75) is 38.0 Å². The molecule has 0 saturated carbocycles. The van der Waals surface area contributed by atoms with Crippen LogP contribution in [0.1, 0.15) is 30.4 Å². The first-order valence-electron chi connectivity index (χ1n) is 10.8. The summed E-state index contributed by atoms with van der Waals surface area (Å²) in [6.07, 6.45) is 2.73. The van der Waals surface area contributed by atoms with E-state index in [0.717, 1.165) is 35.8 Å². The molecule has 1 saturated heterocycles. The molecule has 4 rings (SSSR count). The Hall–Kier alpha value is -3.17. The molecule has 2 aromatic carbocycles. The minimum atomic E-state index is -3.61. The number of sulfonamides is 1. The molecule has 174 valence electrons. The SMILES string of the molecule is Cc1ccc(S(=O)(=O)N2CCCCC2)cc1NC(=O)COc1ccc2c(C)cc(=O)oc2c1. The van der Waals surface area contributed by atoms with Gasteiger partial charge in [-0.3, -0.25) is 4.79 Å². The van der Waals surface area contributed by atoms with Crippen LogP contribution in [0.2, 0.25) is 0 Å². The Morgan fingerprint density at radius 3 is 2.55 bits per heavy atom. The number of nitrogens with one attached hydrogen (secondary N) is 1. The van der Waals surface area contributed by atoms with Gasteiger partial charge < -0.3 is 14.5 Å². The molecule has 1 N–H and O–H groups in total. The van der Waals surface area contributed by atoms with Crippen molar-refractivity contribution < 1.29 is 22.4 Å². The quantitative estimate of drug-likeness (QED) is 0.552. The van der Waals surface area contributed by atoms with Crippen LogP contribution in [0.15, 0.2) is 56.6 Å². The van der Waals surface area contributed by atoms with Gasteiger partial charge in [-0.25, -0.2) is 13.2 Å². The van der Waals surface area contributed by atoms with Gasteiger partial charge in [-0.1, -0.05) is 12.5 Å². The number of hydrogen-bond acceptors (Lipinski definition) is 6. The number of anilines is 1. The van der Waals surface area contributed by atoms with Crippen molar-refractivity contribution in [1.82, 2.24) is 4.31 Å². The smallest absolute Gasteiger partial charge is 0.336 e. The molecule has 0 atom stereocenters. The Kier molecular flexibility index (Phi) is 6.53. The predicted molar refractivity (Wildman–Crippen MR) is 125 cm³/mol. The molecule has 1 aromatic heterocycles. The summed E-state index contributed by atoms with van der Waals surface area (Å²) in [7, 11) is -3.61. The van der Waals surface area contributed by atoms with Crippen LogP contribution in [0.4, 0.5) is 5.69 Å². The van der Waals surface area contributed by atoms with Crippen molar-refractivity contribution in [2.24, 2.45) is 0 Å². The molecule has 8 nitrogen and oxygen atoms in total. The maximum Gasteiger partial charge on any atom is 0.336 e. The Morgan fingerprint density at radius 1 is 1.03 bits per heavy atom. The van der Waals surface area contributed by atoms with Gasteiger partial charge in [-0.2, -0.15) is 4.31 Å². The molecule has 3 aromatic rings. The minimum Gasteiger partial charge on any atom is -0.484 e. The average Bonchev–Trinajstić information content (AvgIpc) is 2.79. The van der Waals surface area contributed by atoms with Crippen LogP contribution in [0.3, 0.4) is 0 Å². The van der Waals surface area contributed by atoms with Gasteiger partial charge in [0.15, 0.2) is 6.61 Å². The second kappa shape index (κ2) is 9.36. The van der Waals surface area contributed by atoms with Crippen molar-refractivity contribution in [3.05, 3.63) is 64.0 Å². The largest absolute Gasteiger partial charge is 0.484 e. The molecule has 0 unspecified atom stereocenters. The fourth-order valence-corrected chi connectivity index (χ4v) is 5.42. The van der Waals surface area contributed by atoms with Crippen LogP contribution in [0.5, 0.6) is 5.75 Å². The van der Waals surface area contributed by atoms with Crippen LogP contribution in [-0.4, -0.2) is 38.3 Å². The fourth-order valence-electron chi connectivity index (χ4n) is 3.88. The third kappa shape index (κ3) is 5.09. The summed E-state index contributed by atoms with van der Waals surface area (Å²) in [5, 5.41) is 3.52. The maximum atomic E-state index is 13.0. The van der Waals surface area contributed by atoms with E-state index in [2.05, 4.69) is 5.32 Å². The van der Waals surface area contributed by atoms with Gasteiger partial charge >= 0.3 is 5.63 Å². The molecular weight excluding hydrogens is 444 g/mol. The third-order valence-corrected chi connectivity index (χ3v) is 7.62. The van der Waals surface area contributed by atoms with E-state index in [4.69, 9.17) is 9.15 Å². The minimum absolute atomic E-state index is 0.158. The van der Waals surface area contributed by atoms with Crippen molar-refractivity contribution in [3.8, 4) is 5.75 Å². The van der Waals surface area contributed by atoms with Crippen LogP contribution >= 0.6 is 0 Å². The molecule has 0 radical (unpaired) electrons. The van der Waals surface area contributed by atoms with E-state index in [1.54, 1.807) is 37.3 Å². The van der Waals surface area contributed by atoms with E-state index in [1.165, 1.54) is 16.4 Å². The molecule has 0 aliphatic carbocycles. The Balaban J connectivity index is 1.46. The number of hydrogen-bond donors (Lipinski definition) is 1. The molecule has 9 heteroatoms. The highest BCUT2D eigenvalue weighted by molar-refractivity contribution is 7.89. The van der Waals surface area contributed by atoms with Crippen molar-refractivity contribution in [1.29, 1.82) is 0 Å². The van der Waals surface area contributed by atoms with Gasteiger partial charge in [0.25, 0.3) is 5.91 Å². The number of amides is 1. The zero-order valence-corrected chi connectivity index (χ0v) is 19.4. The highest BCUT2D eigenvalue weighted by atomic mass is 32.2. The van der Waals surface area contributed by atoms with Crippen molar-refractivity contribution in [3.63, 3.8) is 0 Å². The maximum absolute atomic E-state index is 13.0. The Bertz CT molecular complexity index is 1360. The number of nitrogens with zero attached hydrogens (tertiary/aromatic N) is 1. The van der Waals surface area contributed by atoms with E-state index >= 15 is 0 Å². The summed E-state index contributed by atoms with van der Waals surface area (Å²) in [6, 6.07) is 11.2. The van der Waals surface area contributed by atoms with Gasteiger partial charge in [0, 0.05) is 36.3 Å². The van der Waals surface area contributed by atoms with E-state index in [0.29, 0.717) is 30.1 Å². The topological polar surface area (TPSA) is 106 Å². The van der Waals surface area contributed by atoms with Crippen molar-refractivity contribution >= 4 is 32.6 Å². The molecule has 0 bridgehead atoms. The molecule has 1 amide bonds. The van der Waals surface area contributed by atoms with Crippen LogP contribution in [0.25, 0.3) is 11.0 Å². The number of rotatable bonds is 6. The molecule has 2 heterocycles. The summed E-state index contributed by atoms with van der Waals surface area (Å²) in [5.41, 5.74) is 1.88. The first-order valence-corrected chi connectivity index (χ1v) is 12.3. The Labute approximate surface area is 192 Å².